The van der Waals surface area contributed by atoms with E-state index in [9.17, 15) is 14.0 Å². The molecular weight excluding hydrogens is 355 g/mol. The molecule has 1 aromatic heterocycles. The minimum Gasteiger partial charge on any atom is -0.453 e. The van der Waals surface area contributed by atoms with E-state index in [4.69, 9.17) is 4.74 Å². The molecule has 0 saturated carbocycles. The number of rotatable bonds is 6. The molecule has 0 spiro atoms. The van der Waals surface area contributed by atoms with Crippen LogP contribution in [-0.4, -0.2) is 23.0 Å². The van der Waals surface area contributed by atoms with Gasteiger partial charge in [0, 0.05) is 6.42 Å². The first kappa shape index (κ1) is 18.0. The average molecular weight is 372 g/mol. The Balaban J connectivity index is 1.50. The third kappa shape index (κ3) is 4.43. The van der Waals surface area contributed by atoms with Crippen LogP contribution in [0.4, 0.5) is 10.1 Å². The number of ether oxygens (including phenoxy) is 1. The fraction of sp³-hybridized carbons (Fsp3) is 0.211. The SMILES string of the molecule is C[C@H](OC(=O)CCc1nc2ccccc2s1)C(=O)Nc1ccccc1F. The average Bonchev–Trinajstić information content (AvgIpc) is 3.05. The van der Waals surface area contributed by atoms with Gasteiger partial charge in [0.15, 0.2) is 6.10 Å². The lowest BCUT2D eigenvalue weighted by molar-refractivity contribution is -0.153. The zero-order chi connectivity index (χ0) is 18.5. The maximum absolute atomic E-state index is 13.5. The zero-order valence-corrected chi connectivity index (χ0v) is 14.9. The van der Waals surface area contributed by atoms with Crippen molar-refractivity contribution < 1.29 is 18.7 Å². The number of carbonyl (C=O) groups excluding carboxylic acids is 2. The van der Waals surface area contributed by atoms with Gasteiger partial charge in [0.05, 0.1) is 27.3 Å². The highest BCUT2D eigenvalue weighted by Crippen LogP contribution is 2.22. The van der Waals surface area contributed by atoms with Gasteiger partial charge in [0.2, 0.25) is 0 Å². The number of hydrogen-bond acceptors (Lipinski definition) is 5. The van der Waals surface area contributed by atoms with Crippen LogP contribution in [0.25, 0.3) is 10.2 Å². The summed E-state index contributed by atoms with van der Waals surface area (Å²) in [5.74, 6) is -1.63. The van der Waals surface area contributed by atoms with Crippen LogP contribution in [0, 0.1) is 5.82 Å². The van der Waals surface area contributed by atoms with Gasteiger partial charge in [0.1, 0.15) is 5.82 Å². The summed E-state index contributed by atoms with van der Waals surface area (Å²) in [5.41, 5.74) is 0.952. The molecule has 0 aliphatic heterocycles. The van der Waals surface area contributed by atoms with Crippen molar-refractivity contribution >= 4 is 39.1 Å². The monoisotopic (exact) mass is 372 g/mol. The number of halogens is 1. The Labute approximate surface area is 153 Å². The summed E-state index contributed by atoms with van der Waals surface area (Å²) in [4.78, 5) is 28.4. The van der Waals surface area contributed by atoms with Crippen molar-refractivity contribution in [2.45, 2.75) is 25.9 Å². The molecule has 0 aliphatic carbocycles. The summed E-state index contributed by atoms with van der Waals surface area (Å²) < 4.78 is 19.7. The summed E-state index contributed by atoms with van der Waals surface area (Å²) in [5, 5.41) is 3.24. The Morgan fingerprint density at radius 2 is 1.92 bits per heavy atom. The summed E-state index contributed by atoms with van der Waals surface area (Å²) in [6.07, 6.45) is -0.450. The van der Waals surface area contributed by atoms with Crippen LogP contribution >= 0.6 is 11.3 Å². The Bertz CT molecular complexity index is 908. The van der Waals surface area contributed by atoms with E-state index in [2.05, 4.69) is 10.3 Å². The molecular formula is C19H17FN2O3S. The Morgan fingerprint density at radius 3 is 2.69 bits per heavy atom. The smallest absolute Gasteiger partial charge is 0.306 e. The quantitative estimate of drug-likeness (QED) is 0.666. The number of carbonyl (C=O) groups is 2. The molecule has 0 aliphatic rings. The lowest BCUT2D eigenvalue weighted by Crippen LogP contribution is -2.30. The van der Waals surface area contributed by atoms with Crippen LogP contribution in [0.3, 0.4) is 0 Å². The van der Waals surface area contributed by atoms with Crippen molar-refractivity contribution in [2.24, 2.45) is 0 Å². The highest BCUT2D eigenvalue weighted by molar-refractivity contribution is 7.18. The van der Waals surface area contributed by atoms with E-state index in [1.54, 1.807) is 6.07 Å². The maximum atomic E-state index is 13.5. The molecule has 0 radical (unpaired) electrons. The Morgan fingerprint density at radius 1 is 1.19 bits per heavy atom. The molecule has 0 fully saturated rings. The van der Waals surface area contributed by atoms with Crippen molar-refractivity contribution in [3.63, 3.8) is 0 Å². The Kier molecular flexibility index (Phi) is 5.58. The van der Waals surface area contributed by atoms with E-state index in [-0.39, 0.29) is 12.1 Å². The number of thiazole rings is 1. The number of nitrogens with one attached hydrogen (secondary N) is 1. The van der Waals surface area contributed by atoms with Gasteiger partial charge in [-0.25, -0.2) is 9.37 Å². The summed E-state index contributed by atoms with van der Waals surface area (Å²) in [7, 11) is 0. The lowest BCUT2D eigenvalue weighted by Gasteiger charge is -2.13. The molecule has 2 aromatic carbocycles. The fourth-order valence-corrected chi connectivity index (χ4v) is 3.31. The van der Waals surface area contributed by atoms with Crippen LogP contribution in [0.2, 0.25) is 0 Å². The van der Waals surface area contributed by atoms with Crippen LogP contribution in [0.15, 0.2) is 48.5 Å². The zero-order valence-electron chi connectivity index (χ0n) is 14.1. The van der Waals surface area contributed by atoms with Crippen LogP contribution in [0.5, 0.6) is 0 Å². The number of aromatic nitrogens is 1. The lowest BCUT2D eigenvalue weighted by atomic mass is 10.2. The van der Waals surface area contributed by atoms with E-state index in [0.29, 0.717) is 6.42 Å². The second-order valence-corrected chi connectivity index (χ2v) is 6.79. The van der Waals surface area contributed by atoms with Gasteiger partial charge in [-0.15, -0.1) is 11.3 Å². The van der Waals surface area contributed by atoms with Gasteiger partial charge in [-0.3, -0.25) is 9.59 Å². The summed E-state index contributed by atoms with van der Waals surface area (Å²) >= 11 is 1.53. The van der Waals surface area contributed by atoms with Crippen molar-refractivity contribution in [1.82, 2.24) is 4.98 Å². The fourth-order valence-electron chi connectivity index (χ4n) is 2.34. The maximum Gasteiger partial charge on any atom is 0.306 e. The van der Waals surface area contributed by atoms with Gasteiger partial charge in [-0.05, 0) is 31.2 Å². The van der Waals surface area contributed by atoms with Crippen LogP contribution < -0.4 is 5.32 Å². The van der Waals surface area contributed by atoms with E-state index in [1.807, 2.05) is 24.3 Å². The second-order valence-electron chi connectivity index (χ2n) is 5.68. The van der Waals surface area contributed by atoms with Crippen molar-refractivity contribution in [3.05, 3.63) is 59.4 Å². The molecule has 0 bridgehead atoms. The number of benzene rings is 2. The first-order valence-electron chi connectivity index (χ1n) is 8.12. The number of nitrogens with zero attached hydrogens (tertiary/aromatic N) is 1. The molecule has 1 heterocycles. The molecule has 134 valence electrons. The van der Waals surface area contributed by atoms with Crippen molar-refractivity contribution in [1.29, 1.82) is 0 Å². The number of esters is 1. The molecule has 1 N–H and O–H groups in total. The van der Waals surface area contributed by atoms with Crippen molar-refractivity contribution in [3.8, 4) is 0 Å². The highest BCUT2D eigenvalue weighted by atomic mass is 32.1. The minimum absolute atomic E-state index is 0.0508. The van der Waals surface area contributed by atoms with Crippen molar-refractivity contribution in [2.75, 3.05) is 5.32 Å². The van der Waals surface area contributed by atoms with Crippen LogP contribution in [0.1, 0.15) is 18.4 Å². The molecule has 7 heteroatoms. The van der Waals surface area contributed by atoms with E-state index in [1.165, 1.54) is 36.5 Å². The standard InChI is InChI=1S/C19H17FN2O3S/c1-12(19(24)22-14-7-3-2-6-13(14)20)25-18(23)11-10-17-21-15-8-4-5-9-16(15)26-17/h2-9,12H,10-11H2,1H3,(H,22,24)/t12-/m0/s1. The van der Waals surface area contributed by atoms with E-state index in [0.717, 1.165) is 15.2 Å². The number of anilines is 1. The first-order chi connectivity index (χ1) is 12.5. The Hall–Kier alpha value is -2.80. The van der Waals surface area contributed by atoms with Gasteiger partial charge < -0.3 is 10.1 Å². The molecule has 1 amide bonds. The van der Waals surface area contributed by atoms with Gasteiger partial charge >= 0.3 is 5.97 Å². The molecule has 3 aromatic rings. The van der Waals surface area contributed by atoms with Gasteiger partial charge in [0.25, 0.3) is 5.91 Å². The second kappa shape index (κ2) is 8.05. The third-order valence-electron chi connectivity index (χ3n) is 3.69. The highest BCUT2D eigenvalue weighted by Gasteiger charge is 2.19. The minimum atomic E-state index is -1.02. The third-order valence-corrected chi connectivity index (χ3v) is 4.79. The predicted octanol–water partition coefficient (Wildman–Crippen LogP) is 3.94. The van der Waals surface area contributed by atoms with E-state index >= 15 is 0 Å². The largest absolute Gasteiger partial charge is 0.453 e. The number of amides is 1. The molecule has 1 atom stereocenters. The number of para-hydroxylation sites is 2. The molecule has 5 nitrogen and oxygen atoms in total. The van der Waals surface area contributed by atoms with Crippen LogP contribution in [-0.2, 0) is 20.7 Å². The first-order valence-corrected chi connectivity index (χ1v) is 8.94. The normalized spacial score (nSPS) is 11.9. The van der Waals surface area contributed by atoms with Gasteiger partial charge in [-0.1, -0.05) is 24.3 Å². The number of fused-ring (bicyclic) bond motifs is 1. The summed E-state index contributed by atoms with van der Waals surface area (Å²) in [6.45, 7) is 1.45. The summed E-state index contributed by atoms with van der Waals surface area (Å²) in [6, 6.07) is 13.6. The molecule has 0 saturated heterocycles. The molecule has 26 heavy (non-hydrogen) atoms. The molecule has 3 rings (SSSR count). The number of hydrogen-bond donors (Lipinski definition) is 1. The van der Waals surface area contributed by atoms with E-state index < -0.39 is 23.8 Å². The topological polar surface area (TPSA) is 68.3 Å². The molecule has 0 unspecified atom stereocenters. The predicted molar refractivity (Wildman–Crippen MR) is 98.5 cm³/mol. The number of aryl methyl sites for hydroxylation is 1. The van der Waals surface area contributed by atoms with Gasteiger partial charge in [-0.2, -0.15) is 0 Å².